The highest BCUT2D eigenvalue weighted by atomic mass is 32.3. The van der Waals surface area contributed by atoms with Crippen molar-refractivity contribution in [3.05, 3.63) is 0 Å². The molecule has 0 aromatic rings. The molecular weight excluding hydrogens is 270 g/mol. The summed E-state index contributed by atoms with van der Waals surface area (Å²) in [6.45, 7) is 0.190. The molecule has 0 saturated carbocycles. The predicted molar refractivity (Wildman–Crippen MR) is 60.6 cm³/mol. The summed E-state index contributed by atoms with van der Waals surface area (Å²) in [5.41, 5.74) is 0. The van der Waals surface area contributed by atoms with Gasteiger partial charge in [-0.3, -0.25) is 4.79 Å². The van der Waals surface area contributed by atoms with Crippen molar-refractivity contribution in [2.24, 2.45) is 0 Å². The molecule has 1 aliphatic heterocycles. The van der Waals surface area contributed by atoms with E-state index < -0.39 is 37.0 Å². The van der Waals surface area contributed by atoms with Crippen molar-refractivity contribution >= 4 is 25.8 Å². The molecule has 1 aliphatic rings. The van der Waals surface area contributed by atoms with E-state index in [4.69, 9.17) is 5.11 Å². The van der Waals surface area contributed by atoms with E-state index in [1.54, 1.807) is 0 Å². The summed E-state index contributed by atoms with van der Waals surface area (Å²) in [6.07, 6.45) is 1.56. The Labute approximate surface area is 100 Å². The number of aliphatic carboxylic acids is 1. The number of nitrogens with zero attached hydrogens (tertiary/aromatic N) is 1. The number of carboxylic acid groups (broad SMARTS) is 1. The first-order valence-corrected chi connectivity index (χ1v) is 8.68. The Morgan fingerprint density at radius 1 is 1.35 bits per heavy atom. The maximum absolute atomic E-state index is 11.8. The van der Waals surface area contributed by atoms with Crippen molar-refractivity contribution < 1.29 is 26.7 Å². The lowest BCUT2D eigenvalue weighted by Crippen LogP contribution is -2.39. The van der Waals surface area contributed by atoms with E-state index in [1.807, 2.05) is 0 Å². The van der Waals surface area contributed by atoms with Gasteiger partial charge in [-0.15, -0.1) is 0 Å². The van der Waals surface area contributed by atoms with Gasteiger partial charge >= 0.3 is 5.97 Å². The molecule has 0 radical (unpaired) electrons. The molecule has 1 rings (SSSR count). The van der Waals surface area contributed by atoms with Crippen molar-refractivity contribution in [2.45, 2.75) is 25.3 Å². The molecule has 0 aromatic heterocycles. The van der Waals surface area contributed by atoms with Gasteiger partial charge in [0.2, 0.25) is 10.0 Å². The molecule has 17 heavy (non-hydrogen) atoms. The molecule has 1 saturated heterocycles. The Balaban J connectivity index is 2.87. The highest BCUT2D eigenvalue weighted by Gasteiger charge is 2.36. The van der Waals surface area contributed by atoms with Crippen molar-refractivity contribution in [1.29, 1.82) is 0 Å². The van der Waals surface area contributed by atoms with E-state index in [0.717, 1.165) is 10.6 Å². The molecule has 1 unspecified atom stereocenters. The Hall–Kier alpha value is -0.670. The number of sulfonamides is 1. The molecule has 0 spiro atoms. The zero-order valence-corrected chi connectivity index (χ0v) is 11.0. The van der Waals surface area contributed by atoms with Gasteiger partial charge in [0.05, 0.1) is 6.42 Å². The van der Waals surface area contributed by atoms with Gasteiger partial charge in [-0.1, -0.05) is 0 Å². The number of carbonyl (C=O) groups is 1. The van der Waals surface area contributed by atoms with Crippen LogP contribution >= 0.6 is 0 Å². The van der Waals surface area contributed by atoms with Crippen LogP contribution in [-0.2, 0) is 24.7 Å². The van der Waals surface area contributed by atoms with E-state index >= 15 is 0 Å². The highest BCUT2D eigenvalue weighted by Crippen LogP contribution is 2.24. The minimum Gasteiger partial charge on any atom is -0.481 e. The van der Waals surface area contributed by atoms with Crippen LogP contribution < -0.4 is 0 Å². The average molecular weight is 285 g/mol. The minimum atomic E-state index is -3.93. The first kappa shape index (κ1) is 14.4. The molecule has 100 valence electrons. The summed E-state index contributed by atoms with van der Waals surface area (Å²) in [5.74, 6) is -1.09. The maximum Gasteiger partial charge on any atom is 0.304 e. The normalized spacial score (nSPS) is 22.8. The van der Waals surface area contributed by atoms with Gasteiger partial charge in [0.1, 0.15) is 0 Å². The first-order chi connectivity index (χ1) is 7.62. The number of carboxylic acids is 1. The molecule has 0 amide bonds. The van der Waals surface area contributed by atoms with Crippen LogP contribution in [-0.4, -0.2) is 56.1 Å². The van der Waals surface area contributed by atoms with Crippen LogP contribution in [0.4, 0.5) is 0 Å². The summed E-state index contributed by atoms with van der Waals surface area (Å²) >= 11 is 0. The van der Waals surface area contributed by atoms with Crippen LogP contribution in [0.15, 0.2) is 0 Å². The Kier molecular flexibility index (Phi) is 4.15. The third-order valence-electron chi connectivity index (χ3n) is 2.45. The predicted octanol–water partition coefficient (Wildman–Crippen LogP) is -0.743. The third kappa shape index (κ3) is 4.25. The zero-order chi connectivity index (χ0) is 13.3. The highest BCUT2D eigenvalue weighted by molar-refractivity contribution is 8.06. The monoisotopic (exact) mass is 285 g/mol. The van der Waals surface area contributed by atoms with Crippen LogP contribution in [0.2, 0.25) is 0 Å². The molecule has 0 aromatic carbocycles. The van der Waals surface area contributed by atoms with Crippen LogP contribution in [0.25, 0.3) is 0 Å². The molecular formula is C8H15NO6S2. The average Bonchev–Trinajstić information content (AvgIpc) is 2.46. The van der Waals surface area contributed by atoms with Gasteiger partial charge in [0.25, 0.3) is 0 Å². The fraction of sp³-hybridized carbons (Fsp3) is 0.875. The van der Waals surface area contributed by atoms with E-state index in [9.17, 15) is 21.6 Å². The van der Waals surface area contributed by atoms with Gasteiger partial charge in [-0.2, -0.15) is 4.31 Å². The second-order valence-electron chi connectivity index (χ2n) is 4.16. The van der Waals surface area contributed by atoms with Crippen LogP contribution in [0.1, 0.15) is 19.3 Å². The standard InChI is InChI=1S/C8H15NO6S2/c1-16(12,13)6-17(14,15)9-4-2-3-7(9)5-8(10)11/h7H,2-6H2,1H3,(H,10,11). The Morgan fingerprint density at radius 2 is 1.94 bits per heavy atom. The van der Waals surface area contributed by atoms with E-state index in [0.29, 0.717) is 12.8 Å². The molecule has 7 nitrogen and oxygen atoms in total. The second kappa shape index (κ2) is 4.91. The summed E-state index contributed by atoms with van der Waals surface area (Å²) < 4.78 is 46.6. The number of sulfone groups is 1. The summed E-state index contributed by atoms with van der Waals surface area (Å²) in [4.78, 5) is 10.6. The first-order valence-electron chi connectivity index (χ1n) is 5.01. The summed E-state index contributed by atoms with van der Waals surface area (Å²) in [7, 11) is -7.58. The van der Waals surface area contributed by atoms with Gasteiger partial charge in [0, 0.05) is 18.8 Å². The topological polar surface area (TPSA) is 109 Å². The van der Waals surface area contributed by atoms with Crippen molar-refractivity contribution in [3.63, 3.8) is 0 Å². The third-order valence-corrected chi connectivity index (χ3v) is 6.55. The molecule has 1 heterocycles. The molecule has 1 N–H and O–H groups in total. The lowest BCUT2D eigenvalue weighted by Gasteiger charge is -2.22. The van der Waals surface area contributed by atoms with Crippen molar-refractivity contribution in [3.8, 4) is 0 Å². The minimum absolute atomic E-state index is 0.190. The van der Waals surface area contributed by atoms with E-state index in [1.165, 1.54) is 0 Å². The molecule has 0 bridgehead atoms. The molecule has 1 atom stereocenters. The fourth-order valence-electron chi connectivity index (χ4n) is 1.92. The van der Waals surface area contributed by atoms with Crippen LogP contribution in [0, 0.1) is 0 Å². The van der Waals surface area contributed by atoms with E-state index in [2.05, 4.69) is 0 Å². The van der Waals surface area contributed by atoms with Crippen LogP contribution in [0.5, 0.6) is 0 Å². The zero-order valence-electron chi connectivity index (χ0n) is 9.37. The van der Waals surface area contributed by atoms with Crippen molar-refractivity contribution in [2.75, 3.05) is 17.9 Å². The smallest absolute Gasteiger partial charge is 0.304 e. The molecule has 1 fully saturated rings. The molecule has 9 heteroatoms. The SMILES string of the molecule is CS(=O)(=O)CS(=O)(=O)N1CCCC1CC(=O)O. The largest absolute Gasteiger partial charge is 0.481 e. The summed E-state index contributed by atoms with van der Waals surface area (Å²) in [6, 6.07) is -0.626. The number of rotatable bonds is 5. The fourth-order valence-corrected chi connectivity index (χ4v) is 5.67. The van der Waals surface area contributed by atoms with Gasteiger partial charge in [-0.25, -0.2) is 16.8 Å². The lowest BCUT2D eigenvalue weighted by atomic mass is 10.2. The quantitative estimate of drug-likeness (QED) is 0.712. The van der Waals surface area contributed by atoms with Crippen LogP contribution in [0.3, 0.4) is 0 Å². The lowest BCUT2D eigenvalue weighted by molar-refractivity contribution is -0.137. The molecule has 0 aliphatic carbocycles. The van der Waals surface area contributed by atoms with Gasteiger partial charge < -0.3 is 5.11 Å². The number of hydrogen-bond acceptors (Lipinski definition) is 5. The van der Waals surface area contributed by atoms with E-state index in [-0.39, 0.29) is 13.0 Å². The Morgan fingerprint density at radius 3 is 2.41 bits per heavy atom. The second-order valence-corrected chi connectivity index (χ2v) is 8.59. The maximum atomic E-state index is 11.8. The summed E-state index contributed by atoms with van der Waals surface area (Å²) in [5, 5.41) is 7.69. The number of hydrogen-bond donors (Lipinski definition) is 1. The van der Waals surface area contributed by atoms with Gasteiger partial charge in [-0.05, 0) is 12.8 Å². The van der Waals surface area contributed by atoms with Gasteiger partial charge in [0.15, 0.2) is 14.9 Å². The Bertz CT molecular complexity index is 494. The van der Waals surface area contributed by atoms with Crippen molar-refractivity contribution in [1.82, 2.24) is 4.31 Å².